The molecule has 2 aromatic carbocycles. The van der Waals surface area contributed by atoms with Crippen molar-refractivity contribution in [3.8, 4) is 5.75 Å². The topological polar surface area (TPSA) is 110 Å². The van der Waals surface area contributed by atoms with E-state index in [2.05, 4.69) is 5.32 Å². The van der Waals surface area contributed by atoms with E-state index in [1.54, 1.807) is 24.3 Å². The highest BCUT2D eigenvalue weighted by Gasteiger charge is 2.15. The van der Waals surface area contributed by atoms with Crippen molar-refractivity contribution in [3.63, 3.8) is 0 Å². The first-order valence-corrected chi connectivity index (χ1v) is 10.1. The molecule has 8 heteroatoms. The van der Waals surface area contributed by atoms with Crippen LogP contribution in [0.1, 0.15) is 29.8 Å². The first-order chi connectivity index (χ1) is 12.5. The van der Waals surface area contributed by atoms with Crippen molar-refractivity contribution in [2.45, 2.75) is 31.3 Å². The summed E-state index contributed by atoms with van der Waals surface area (Å²) in [4.78, 5) is 23.3. The van der Waals surface area contributed by atoms with Crippen LogP contribution in [0, 0.1) is 0 Å². The van der Waals surface area contributed by atoms with Gasteiger partial charge in [-0.05, 0) is 49.7 Å². The van der Waals surface area contributed by atoms with Crippen LogP contribution in [-0.4, -0.2) is 37.8 Å². The second-order valence-corrected chi connectivity index (χ2v) is 8.38. The number of hydrogen-bond donors (Lipinski definition) is 2. The molecule has 0 atom stereocenters. The molecular weight excluding hydrogens is 370 g/mol. The van der Waals surface area contributed by atoms with Gasteiger partial charge in [0.15, 0.2) is 9.84 Å². The number of aromatic carboxylic acids is 1. The van der Waals surface area contributed by atoms with Gasteiger partial charge < -0.3 is 15.2 Å². The van der Waals surface area contributed by atoms with Gasteiger partial charge in [0.05, 0.1) is 23.0 Å². The van der Waals surface area contributed by atoms with Gasteiger partial charge in [-0.25, -0.2) is 13.2 Å². The fraction of sp³-hybridized carbons (Fsp3) is 0.263. The lowest BCUT2D eigenvalue weighted by atomic mass is 10.1. The Morgan fingerprint density at radius 3 is 2.44 bits per heavy atom. The van der Waals surface area contributed by atoms with Crippen molar-refractivity contribution in [2.75, 3.05) is 11.6 Å². The van der Waals surface area contributed by atoms with E-state index in [0.717, 1.165) is 12.3 Å². The van der Waals surface area contributed by atoms with Gasteiger partial charge in [-0.15, -0.1) is 0 Å². The predicted molar refractivity (Wildman–Crippen MR) is 101 cm³/mol. The summed E-state index contributed by atoms with van der Waals surface area (Å²) in [7, 11) is -3.62. The molecule has 27 heavy (non-hydrogen) atoms. The second-order valence-electron chi connectivity index (χ2n) is 6.36. The van der Waals surface area contributed by atoms with Gasteiger partial charge in [-0.1, -0.05) is 12.1 Å². The summed E-state index contributed by atoms with van der Waals surface area (Å²) in [6.45, 7) is 3.79. The number of carboxylic acid groups (broad SMARTS) is 1. The molecule has 144 valence electrons. The van der Waals surface area contributed by atoms with Crippen molar-refractivity contribution in [1.82, 2.24) is 0 Å². The first kappa shape index (κ1) is 20.4. The number of carbonyl (C=O) groups is 2. The maximum Gasteiger partial charge on any atom is 0.335 e. The molecule has 0 unspecified atom stereocenters. The number of benzene rings is 2. The second kappa shape index (κ2) is 8.22. The van der Waals surface area contributed by atoms with Crippen LogP contribution in [-0.2, 0) is 21.1 Å². The molecule has 0 radical (unpaired) electrons. The number of hydrogen-bond acceptors (Lipinski definition) is 5. The van der Waals surface area contributed by atoms with Gasteiger partial charge in [0.1, 0.15) is 5.75 Å². The summed E-state index contributed by atoms with van der Waals surface area (Å²) >= 11 is 0. The zero-order chi connectivity index (χ0) is 20.2. The van der Waals surface area contributed by atoms with Crippen LogP contribution in [0.15, 0.2) is 47.4 Å². The molecule has 0 aliphatic rings. The molecule has 0 bridgehead atoms. The summed E-state index contributed by atoms with van der Waals surface area (Å²) in [5.74, 6) is -1.05. The molecule has 0 aliphatic carbocycles. The number of carboxylic acids is 1. The van der Waals surface area contributed by atoms with E-state index >= 15 is 0 Å². The quantitative estimate of drug-likeness (QED) is 0.751. The van der Waals surface area contributed by atoms with Crippen LogP contribution in [0.4, 0.5) is 5.69 Å². The fourth-order valence-corrected chi connectivity index (χ4v) is 3.08. The molecule has 0 aliphatic heterocycles. The minimum Gasteiger partial charge on any atom is -0.491 e. The van der Waals surface area contributed by atoms with Crippen LogP contribution < -0.4 is 10.1 Å². The van der Waals surface area contributed by atoms with Crippen LogP contribution in [0.5, 0.6) is 5.75 Å². The number of carbonyl (C=O) groups excluding carboxylic acids is 1. The molecule has 0 saturated heterocycles. The van der Waals surface area contributed by atoms with E-state index in [1.807, 2.05) is 13.8 Å². The van der Waals surface area contributed by atoms with Crippen molar-refractivity contribution in [2.24, 2.45) is 0 Å². The normalized spacial score (nSPS) is 11.3. The third kappa shape index (κ3) is 6.10. The summed E-state index contributed by atoms with van der Waals surface area (Å²) in [5, 5.41) is 11.7. The first-order valence-electron chi connectivity index (χ1n) is 8.18. The lowest BCUT2D eigenvalue weighted by Gasteiger charge is -2.11. The maximum atomic E-state index is 12.3. The van der Waals surface area contributed by atoms with Crippen molar-refractivity contribution >= 4 is 27.4 Å². The largest absolute Gasteiger partial charge is 0.491 e. The number of sulfone groups is 1. The third-order valence-electron chi connectivity index (χ3n) is 3.50. The average molecular weight is 391 g/mol. The molecule has 2 aromatic rings. The van der Waals surface area contributed by atoms with Gasteiger partial charge >= 0.3 is 5.97 Å². The Balaban J connectivity index is 2.20. The minimum absolute atomic E-state index is 0.00208. The lowest BCUT2D eigenvalue weighted by molar-refractivity contribution is -0.115. The third-order valence-corrected chi connectivity index (χ3v) is 4.59. The highest BCUT2D eigenvalue weighted by atomic mass is 32.2. The van der Waals surface area contributed by atoms with E-state index in [-0.39, 0.29) is 28.7 Å². The van der Waals surface area contributed by atoms with Crippen molar-refractivity contribution in [3.05, 3.63) is 53.6 Å². The van der Waals surface area contributed by atoms with Gasteiger partial charge in [-0.3, -0.25) is 4.79 Å². The summed E-state index contributed by atoms with van der Waals surface area (Å²) in [6.07, 6.45) is 1.00. The van der Waals surface area contributed by atoms with Crippen LogP contribution >= 0.6 is 0 Å². The van der Waals surface area contributed by atoms with E-state index in [0.29, 0.717) is 11.3 Å². The Hall–Kier alpha value is -2.87. The fourth-order valence-electron chi connectivity index (χ4n) is 2.40. The molecule has 0 saturated carbocycles. The highest BCUT2D eigenvalue weighted by Crippen LogP contribution is 2.20. The van der Waals surface area contributed by atoms with Gasteiger partial charge in [0.25, 0.3) is 0 Å². The molecule has 0 aromatic heterocycles. The zero-order valence-electron chi connectivity index (χ0n) is 15.2. The van der Waals surface area contributed by atoms with E-state index in [9.17, 15) is 18.0 Å². The Kier molecular flexibility index (Phi) is 6.22. The standard InChI is InChI=1S/C19H21NO6S/c1-12(2)26-16-6-4-5-13(7-16)8-18(21)20-15-9-14(19(22)23)10-17(11-15)27(3,24)25/h4-7,9-12H,8H2,1-3H3,(H,20,21)(H,22,23). The molecule has 2 N–H and O–H groups in total. The molecule has 0 spiro atoms. The molecule has 0 heterocycles. The number of amides is 1. The number of anilines is 1. The molecule has 1 amide bonds. The van der Waals surface area contributed by atoms with Gasteiger partial charge in [0, 0.05) is 11.9 Å². The van der Waals surface area contributed by atoms with Crippen LogP contribution in [0.25, 0.3) is 0 Å². The monoisotopic (exact) mass is 391 g/mol. The molecule has 2 rings (SSSR count). The van der Waals surface area contributed by atoms with E-state index in [4.69, 9.17) is 9.84 Å². The van der Waals surface area contributed by atoms with Gasteiger partial charge in [-0.2, -0.15) is 0 Å². The van der Waals surface area contributed by atoms with Crippen LogP contribution in [0.2, 0.25) is 0 Å². The zero-order valence-corrected chi connectivity index (χ0v) is 16.0. The highest BCUT2D eigenvalue weighted by molar-refractivity contribution is 7.90. The van der Waals surface area contributed by atoms with Gasteiger partial charge in [0.2, 0.25) is 5.91 Å². The number of ether oxygens (including phenoxy) is 1. The van der Waals surface area contributed by atoms with Crippen molar-refractivity contribution < 1.29 is 27.9 Å². The van der Waals surface area contributed by atoms with Crippen LogP contribution in [0.3, 0.4) is 0 Å². The summed E-state index contributed by atoms with van der Waals surface area (Å²) < 4.78 is 29.1. The Morgan fingerprint density at radius 2 is 1.85 bits per heavy atom. The molecule has 0 fully saturated rings. The molecular formula is C19H21NO6S. The smallest absolute Gasteiger partial charge is 0.335 e. The van der Waals surface area contributed by atoms with Crippen molar-refractivity contribution in [1.29, 1.82) is 0 Å². The number of rotatable bonds is 7. The Bertz CT molecular complexity index is 966. The summed E-state index contributed by atoms with van der Waals surface area (Å²) in [5.41, 5.74) is 0.596. The van der Waals surface area contributed by atoms with E-state index < -0.39 is 21.7 Å². The van der Waals surface area contributed by atoms with E-state index in [1.165, 1.54) is 12.1 Å². The SMILES string of the molecule is CC(C)Oc1cccc(CC(=O)Nc2cc(C(=O)O)cc(S(C)(=O)=O)c2)c1. The summed E-state index contributed by atoms with van der Waals surface area (Å²) in [6, 6.07) is 10.6. The Labute approximate surface area is 157 Å². The number of nitrogens with one attached hydrogen (secondary N) is 1. The predicted octanol–water partition coefficient (Wildman–Crippen LogP) is 2.76. The minimum atomic E-state index is -3.62. The average Bonchev–Trinajstić information content (AvgIpc) is 2.53. The Morgan fingerprint density at radius 1 is 1.15 bits per heavy atom. The lowest BCUT2D eigenvalue weighted by Crippen LogP contribution is -2.16. The maximum absolute atomic E-state index is 12.3. The molecule has 7 nitrogen and oxygen atoms in total.